The molecule has 0 unspecified atom stereocenters. The van der Waals surface area contributed by atoms with E-state index in [9.17, 15) is 23.3 Å². The number of nitro groups is 1. The molecular formula is C24H25BrClN3O5S. The van der Waals surface area contributed by atoms with Crippen LogP contribution in [0.15, 0.2) is 51.8 Å². The van der Waals surface area contributed by atoms with Crippen LogP contribution in [-0.4, -0.2) is 31.3 Å². The Morgan fingerprint density at radius 3 is 2.20 bits per heavy atom. The average Bonchev–Trinajstić information content (AvgIpc) is 2.77. The first-order valence-corrected chi connectivity index (χ1v) is 14.2. The van der Waals surface area contributed by atoms with E-state index >= 15 is 0 Å². The van der Waals surface area contributed by atoms with Crippen LogP contribution in [0.25, 0.3) is 0 Å². The third-order valence-corrected chi connectivity index (χ3v) is 10.2. The molecule has 4 saturated carbocycles. The summed E-state index contributed by atoms with van der Waals surface area (Å²) in [6.07, 6.45) is 6.51. The average molecular weight is 583 g/mol. The molecule has 0 atom stereocenters. The summed E-state index contributed by atoms with van der Waals surface area (Å²) in [4.78, 5) is 23.6. The minimum atomic E-state index is -4.31. The van der Waals surface area contributed by atoms with Crippen molar-refractivity contribution in [2.45, 2.75) is 49.0 Å². The summed E-state index contributed by atoms with van der Waals surface area (Å²) < 4.78 is 29.1. The van der Waals surface area contributed by atoms with E-state index in [1.807, 2.05) is 0 Å². The first kappa shape index (κ1) is 24.5. The molecule has 4 aliphatic carbocycles. The molecule has 4 aliphatic rings. The Hall–Kier alpha value is -2.17. The van der Waals surface area contributed by atoms with Crippen molar-refractivity contribution in [2.24, 2.45) is 17.8 Å². The lowest BCUT2D eigenvalue weighted by Crippen LogP contribution is -2.61. The maximum absolute atomic E-state index is 13.7. The van der Waals surface area contributed by atoms with Gasteiger partial charge in [0.1, 0.15) is 11.6 Å². The molecular weight excluding hydrogens is 558 g/mol. The summed E-state index contributed by atoms with van der Waals surface area (Å²) in [5.41, 5.74) is -0.493. The van der Waals surface area contributed by atoms with Crippen LogP contribution in [0.3, 0.4) is 0 Å². The zero-order valence-corrected chi connectivity index (χ0v) is 22.0. The van der Waals surface area contributed by atoms with Crippen LogP contribution in [0.5, 0.6) is 0 Å². The molecule has 0 aromatic heterocycles. The number of hydrogen-bond donors (Lipinski definition) is 1. The van der Waals surface area contributed by atoms with Crippen molar-refractivity contribution in [1.29, 1.82) is 0 Å². The van der Waals surface area contributed by atoms with Crippen molar-refractivity contribution < 1.29 is 18.1 Å². The van der Waals surface area contributed by atoms with E-state index in [0.29, 0.717) is 17.8 Å². The summed E-state index contributed by atoms with van der Waals surface area (Å²) in [6, 6.07) is 9.86. The summed E-state index contributed by atoms with van der Waals surface area (Å²) in [5, 5.41) is 14.4. The number of rotatable bonds is 7. The fourth-order valence-corrected chi connectivity index (χ4v) is 8.46. The number of nitrogens with zero attached hydrogens (tertiary/aromatic N) is 2. The Labute approximate surface area is 217 Å². The predicted molar refractivity (Wildman–Crippen MR) is 136 cm³/mol. The predicted octanol–water partition coefficient (Wildman–Crippen LogP) is 5.29. The zero-order valence-electron chi connectivity index (χ0n) is 18.8. The van der Waals surface area contributed by atoms with Gasteiger partial charge < -0.3 is 5.32 Å². The molecule has 0 saturated heterocycles. The van der Waals surface area contributed by atoms with Crippen molar-refractivity contribution in [3.05, 3.63) is 62.1 Å². The van der Waals surface area contributed by atoms with Gasteiger partial charge >= 0.3 is 0 Å². The standard InChI is InChI=1S/C24H25BrClN3O5S/c25-18-1-3-19(4-2-18)28(35(33,34)20-5-6-21(26)22(10-20)29(31)32)14-23(30)27-24-11-15-7-16(12-24)9-17(8-15)13-24/h1-6,10,15-17H,7-9,11-14H2,(H,27,30). The number of benzene rings is 2. The van der Waals surface area contributed by atoms with Gasteiger partial charge in [-0.05, 0) is 92.7 Å². The van der Waals surface area contributed by atoms with Crippen LogP contribution < -0.4 is 9.62 Å². The first-order chi connectivity index (χ1) is 16.5. The molecule has 8 nitrogen and oxygen atoms in total. The second-order valence-corrected chi connectivity index (χ2v) is 13.3. The smallest absolute Gasteiger partial charge is 0.289 e. The Kier molecular flexibility index (Phi) is 6.34. The molecule has 186 valence electrons. The van der Waals surface area contributed by atoms with E-state index in [0.717, 1.165) is 34.1 Å². The number of anilines is 1. The van der Waals surface area contributed by atoms with Gasteiger partial charge in [-0.1, -0.05) is 27.5 Å². The number of sulfonamides is 1. The van der Waals surface area contributed by atoms with E-state index < -0.39 is 27.2 Å². The molecule has 2 aromatic rings. The molecule has 1 N–H and O–H groups in total. The van der Waals surface area contributed by atoms with Crippen LogP contribution in [0, 0.1) is 27.9 Å². The van der Waals surface area contributed by atoms with Crippen molar-refractivity contribution in [1.82, 2.24) is 5.32 Å². The van der Waals surface area contributed by atoms with Crippen LogP contribution in [-0.2, 0) is 14.8 Å². The van der Waals surface area contributed by atoms with Gasteiger partial charge in [-0.15, -0.1) is 0 Å². The van der Waals surface area contributed by atoms with Gasteiger partial charge in [-0.2, -0.15) is 0 Å². The summed E-state index contributed by atoms with van der Waals surface area (Å²) in [6.45, 7) is -0.428. The second-order valence-electron chi connectivity index (χ2n) is 10.1. The highest BCUT2D eigenvalue weighted by molar-refractivity contribution is 9.10. The van der Waals surface area contributed by atoms with Crippen molar-refractivity contribution >= 4 is 54.8 Å². The number of amides is 1. The van der Waals surface area contributed by atoms with Crippen LogP contribution in [0.4, 0.5) is 11.4 Å². The highest BCUT2D eigenvalue weighted by Gasteiger charge is 2.51. The Morgan fingerprint density at radius 2 is 1.66 bits per heavy atom. The maximum atomic E-state index is 13.7. The molecule has 1 amide bonds. The molecule has 0 radical (unpaired) electrons. The third-order valence-electron chi connectivity index (χ3n) is 7.55. The topological polar surface area (TPSA) is 110 Å². The van der Waals surface area contributed by atoms with E-state index in [2.05, 4.69) is 21.2 Å². The Morgan fingerprint density at radius 1 is 1.09 bits per heavy atom. The van der Waals surface area contributed by atoms with E-state index in [-0.39, 0.29) is 27.1 Å². The summed E-state index contributed by atoms with van der Waals surface area (Å²) in [5.74, 6) is 1.51. The number of nitrogens with one attached hydrogen (secondary N) is 1. The largest absolute Gasteiger partial charge is 0.349 e. The zero-order chi connectivity index (χ0) is 25.0. The van der Waals surface area contributed by atoms with Crippen molar-refractivity contribution in [2.75, 3.05) is 10.8 Å². The third kappa shape index (κ3) is 4.80. The van der Waals surface area contributed by atoms with Crippen LogP contribution in [0.1, 0.15) is 38.5 Å². The molecule has 4 bridgehead atoms. The second kappa shape index (κ2) is 9.05. The lowest BCUT2D eigenvalue weighted by molar-refractivity contribution is -0.384. The van der Waals surface area contributed by atoms with Crippen LogP contribution >= 0.6 is 27.5 Å². The number of carbonyl (C=O) groups is 1. The van der Waals surface area contributed by atoms with Gasteiger partial charge in [0.25, 0.3) is 15.7 Å². The number of halogens is 2. The highest BCUT2D eigenvalue weighted by atomic mass is 79.9. The fourth-order valence-electron chi connectivity index (χ4n) is 6.57. The van der Waals surface area contributed by atoms with Gasteiger partial charge in [0.15, 0.2) is 0 Å². The van der Waals surface area contributed by atoms with Gasteiger partial charge in [0, 0.05) is 16.1 Å². The number of nitro benzene ring substituents is 1. The Bertz CT molecular complexity index is 1250. The summed E-state index contributed by atoms with van der Waals surface area (Å²) >= 11 is 9.23. The van der Waals surface area contributed by atoms with Crippen LogP contribution in [0.2, 0.25) is 5.02 Å². The van der Waals surface area contributed by atoms with Gasteiger partial charge in [-0.25, -0.2) is 8.42 Å². The van der Waals surface area contributed by atoms with E-state index in [4.69, 9.17) is 11.6 Å². The highest BCUT2D eigenvalue weighted by Crippen LogP contribution is 2.55. The minimum absolute atomic E-state index is 0.163. The molecule has 35 heavy (non-hydrogen) atoms. The van der Waals surface area contributed by atoms with E-state index in [1.165, 1.54) is 31.4 Å². The molecule has 6 rings (SSSR count). The lowest BCUT2D eigenvalue weighted by Gasteiger charge is -2.57. The normalized spacial score (nSPS) is 27.0. The lowest BCUT2D eigenvalue weighted by atomic mass is 9.53. The van der Waals surface area contributed by atoms with E-state index in [1.54, 1.807) is 24.3 Å². The molecule has 0 spiro atoms. The fraction of sp³-hybridized carbons (Fsp3) is 0.458. The van der Waals surface area contributed by atoms with Crippen molar-refractivity contribution in [3.63, 3.8) is 0 Å². The van der Waals surface area contributed by atoms with Gasteiger partial charge in [-0.3, -0.25) is 19.2 Å². The SMILES string of the molecule is O=C(CN(c1ccc(Br)cc1)S(=O)(=O)c1ccc(Cl)c([N+](=O)[O-])c1)NC12CC3CC(CC(C3)C1)C2. The minimum Gasteiger partial charge on any atom is -0.349 e. The molecule has 11 heteroatoms. The molecule has 2 aromatic carbocycles. The summed E-state index contributed by atoms with van der Waals surface area (Å²) in [7, 11) is -4.31. The molecule has 0 aliphatic heterocycles. The number of carbonyl (C=O) groups excluding carboxylic acids is 1. The monoisotopic (exact) mass is 581 g/mol. The number of hydrogen-bond acceptors (Lipinski definition) is 5. The quantitative estimate of drug-likeness (QED) is 0.352. The molecule has 0 heterocycles. The van der Waals surface area contributed by atoms with Crippen molar-refractivity contribution in [3.8, 4) is 0 Å². The van der Waals surface area contributed by atoms with Gasteiger partial charge in [0.05, 0.1) is 15.5 Å². The van der Waals surface area contributed by atoms with Gasteiger partial charge in [0.2, 0.25) is 5.91 Å². The maximum Gasteiger partial charge on any atom is 0.289 e. The first-order valence-electron chi connectivity index (χ1n) is 11.6. The Balaban J connectivity index is 1.45. The molecule has 4 fully saturated rings.